The minimum absolute atomic E-state index is 0.0573. The van der Waals surface area contributed by atoms with Crippen LogP contribution in [-0.4, -0.2) is 12.6 Å². The van der Waals surface area contributed by atoms with Crippen molar-refractivity contribution in [1.29, 1.82) is 0 Å². The lowest BCUT2D eigenvalue weighted by Gasteiger charge is -1.97. The summed E-state index contributed by atoms with van der Waals surface area (Å²) < 4.78 is 4.84. The van der Waals surface area contributed by atoms with Gasteiger partial charge in [0.2, 0.25) is 0 Å². The molecular formula is C8H10Cl2O2. The molecule has 0 spiro atoms. The highest BCUT2D eigenvalue weighted by Gasteiger charge is 2.61. The zero-order valence-electron chi connectivity index (χ0n) is 6.88. The Morgan fingerprint density at radius 3 is 2.58 bits per heavy atom. The zero-order valence-corrected chi connectivity index (χ0v) is 8.39. The van der Waals surface area contributed by atoms with Crippen LogP contribution in [0.25, 0.3) is 0 Å². The Morgan fingerprint density at radius 2 is 2.17 bits per heavy atom. The van der Waals surface area contributed by atoms with Crippen molar-refractivity contribution in [1.82, 2.24) is 0 Å². The van der Waals surface area contributed by atoms with E-state index in [4.69, 9.17) is 27.9 Å². The second-order valence-electron chi connectivity index (χ2n) is 3.45. The van der Waals surface area contributed by atoms with Crippen LogP contribution in [0.4, 0.5) is 0 Å². The van der Waals surface area contributed by atoms with Crippen molar-refractivity contribution < 1.29 is 9.53 Å². The summed E-state index contributed by atoms with van der Waals surface area (Å²) in [6.07, 6.45) is -0.127. The predicted molar refractivity (Wildman–Crippen MR) is 48.0 cm³/mol. The molecule has 0 radical (unpaired) electrons. The minimum atomic E-state index is -0.127. The summed E-state index contributed by atoms with van der Waals surface area (Å²) in [7, 11) is 0. The Bertz CT molecular complexity index is 223. The average Bonchev–Trinajstić information content (AvgIpc) is 2.53. The molecule has 1 aliphatic rings. The number of rotatable bonds is 3. The quantitative estimate of drug-likeness (QED) is 0.667. The van der Waals surface area contributed by atoms with Crippen molar-refractivity contribution >= 4 is 29.7 Å². The van der Waals surface area contributed by atoms with Crippen LogP contribution in [0.2, 0.25) is 0 Å². The lowest BCUT2D eigenvalue weighted by Crippen LogP contribution is -1.98. The Hall–Kier alpha value is -0.210. The molecule has 0 N–H and O–H groups in total. The van der Waals surface area contributed by atoms with Crippen molar-refractivity contribution in [2.45, 2.75) is 20.0 Å². The fourth-order valence-corrected chi connectivity index (χ4v) is 2.00. The molecule has 0 bridgehead atoms. The molecule has 68 valence electrons. The van der Waals surface area contributed by atoms with Crippen LogP contribution < -0.4 is 0 Å². The molecular weight excluding hydrogens is 199 g/mol. The fraction of sp³-hybridized carbons (Fsp3) is 0.625. The Labute approximate surface area is 81.5 Å². The van der Waals surface area contributed by atoms with Gasteiger partial charge in [0.15, 0.2) is 0 Å². The topological polar surface area (TPSA) is 26.3 Å². The van der Waals surface area contributed by atoms with E-state index < -0.39 is 0 Å². The molecule has 1 fully saturated rings. The first-order chi connectivity index (χ1) is 5.55. The van der Waals surface area contributed by atoms with E-state index in [2.05, 4.69) is 0 Å². The van der Waals surface area contributed by atoms with Crippen molar-refractivity contribution in [2.24, 2.45) is 11.3 Å². The number of hydrogen-bond acceptors (Lipinski definition) is 2. The number of halogens is 2. The van der Waals surface area contributed by atoms with Crippen LogP contribution in [0.15, 0.2) is 10.6 Å². The third-order valence-electron chi connectivity index (χ3n) is 2.33. The van der Waals surface area contributed by atoms with Gasteiger partial charge >= 0.3 is 0 Å². The molecule has 0 aromatic heterocycles. The minimum Gasteiger partial charge on any atom is -0.463 e. The summed E-state index contributed by atoms with van der Waals surface area (Å²) >= 11 is 11.3. The third-order valence-corrected chi connectivity index (χ3v) is 3.02. The number of ether oxygens (including phenoxy) is 1. The number of carbonyl (C=O) groups is 1. The van der Waals surface area contributed by atoms with Gasteiger partial charge in [0.1, 0.15) is 6.10 Å². The van der Waals surface area contributed by atoms with Gasteiger partial charge in [-0.2, -0.15) is 0 Å². The van der Waals surface area contributed by atoms with Gasteiger partial charge in [-0.3, -0.25) is 4.79 Å². The first-order valence-electron chi connectivity index (χ1n) is 3.60. The van der Waals surface area contributed by atoms with Gasteiger partial charge in [0.25, 0.3) is 6.47 Å². The van der Waals surface area contributed by atoms with Gasteiger partial charge in [0.05, 0.1) is 0 Å². The van der Waals surface area contributed by atoms with E-state index in [9.17, 15) is 4.79 Å². The summed E-state index contributed by atoms with van der Waals surface area (Å²) in [5.41, 5.74) is 1.24. The lowest BCUT2D eigenvalue weighted by atomic mass is 10.1. The maximum atomic E-state index is 10.1. The molecule has 12 heavy (non-hydrogen) atoms. The molecule has 2 nitrogen and oxygen atoms in total. The van der Waals surface area contributed by atoms with Crippen LogP contribution in [0.1, 0.15) is 13.8 Å². The standard InChI is InChI=1S/C8H10Cl2O2/c1-8(2)6(5(10)3-9)7(8)12-4-11/h3-4,6-7H,1-2H3. The first kappa shape index (κ1) is 9.87. The highest BCUT2D eigenvalue weighted by molar-refractivity contribution is 6.36. The van der Waals surface area contributed by atoms with E-state index in [1.807, 2.05) is 13.8 Å². The van der Waals surface area contributed by atoms with E-state index in [0.29, 0.717) is 11.5 Å². The predicted octanol–water partition coefficient (Wildman–Crippen LogP) is 2.50. The van der Waals surface area contributed by atoms with E-state index >= 15 is 0 Å². The highest BCUT2D eigenvalue weighted by Crippen LogP contribution is 2.58. The summed E-state index contributed by atoms with van der Waals surface area (Å²) in [6.45, 7) is 4.41. The van der Waals surface area contributed by atoms with Crippen LogP contribution in [0, 0.1) is 11.3 Å². The molecule has 1 saturated carbocycles. The maximum Gasteiger partial charge on any atom is 0.293 e. The van der Waals surface area contributed by atoms with E-state index in [0.717, 1.165) is 0 Å². The van der Waals surface area contributed by atoms with E-state index in [1.165, 1.54) is 5.54 Å². The van der Waals surface area contributed by atoms with Crippen molar-refractivity contribution in [3.63, 3.8) is 0 Å². The molecule has 0 heterocycles. The van der Waals surface area contributed by atoms with Crippen LogP contribution in [0.3, 0.4) is 0 Å². The van der Waals surface area contributed by atoms with Gasteiger partial charge in [-0.05, 0) is 0 Å². The Morgan fingerprint density at radius 1 is 1.58 bits per heavy atom. The van der Waals surface area contributed by atoms with Crippen molar-refractivity contribution in [3.05, 3.63) is 10.6 Å². The summed E-state index contributed by atoms with van der Waals surface area (Å²) in [5, 5.41) is 0.550. The monoisotopic (exact) mass is 208 g/mol. The molecule has 0 aliphatic heterocycles. The van der Waals surface area contributed by atoms with Crippen LogP contribution in [0.5, 0.6) is 0 Å². The summed E-state index contributed by atoms with van der Waals surface area (Å²) in [5.74, 6) is 0.0573. The molecule has 1 rings (SSSR count). The molecule has 0 aromatic carbocycles. The van der Waals surface area contributed by atoms with Gasteiger partial charge in [-0.1, -0.05) is 37.0 Å². The Balaban J connectivity index is 2.66. The maximum absolute atomic E-state index is 10.1. The number of hydrogen-bond donors (Lipinski definition) is 0. The van der Waals surface area contributed by atoms with Gasteiger partial charge in [-0.15, -0.1) is 0 Å². The fourth-order valence-electron chi connectivity index (χ4n) is 1.47. The van der Waals surface area contributed by atoms with Crippen molar-refractivity contribution in [3.8, 4) is 0 Å². The summed E-state index contributed by atoms with van der Waals surface area (Å²) in [4.78, 5) is 10.1. The second kappa shape index (κ2) is 3.27. The molecule has 2 unspecified atom stereocenters. The van der Waals surface area contributed by atoms with Gasteiger partial charge < -0.3 is 4.74 Å². The SMILES string of the molecule is CC1(C)C(OC=O)C1C(Cl)=CCl. The third kappa shape index (κ3) is 1.46. The van der Waals surface area contributed by atoms with Gasteiger partial charge in [0, 0.05) is 21.9 Å². The average molecular weight is 209 g/mol. The first-order valence-corrected chi connectivity index (χ1v) is 4.42. The normalized spacial score (nSPS) is 32.8. The van der Waals surface area contributed by atoms with E-state index in [-0.39, 0.29) is 17.4 Å². The summed E-state index contributed by atoms with van der Waals surface area (Å²) in [6, 6.07) is 0. The molecule has 4 heteroatoms. The van der Waals surface area contributed by atoms with Crippen LogP contribution >= 0.6 is 23.2 Å². The number of carbonyl (C=O) groups excluding carboxylic acids is 1. The van der Waals surface area contributed by atoms with Crippen molar-refractivity contribution in [2.75, 3.05) is 0 Å². The largest absolute Gasteiger partial charge is 0.463 e. The smallest absolute Gasteiger partial charge is 0.293 e. The lowest BCUT2D eigenvalue weighted by molar-refractivity contribution is -0.131. The molecule has 0 saturated heterocycles. The van der Waals surface area contributed by atoms with Gasteiger partial charge in [-0.25, -0.2) is 0 Å². The Kier molecular flexibility index (Phi) is 2.69. The van der Waals surface area contributed by atoms with Crippen LogP contribution in [-0.2, 0) is 9.53 Å². The molecule has 0 amide bonds. The second-order valence-corrected chi connectivity index (χ2v) is 4.10. The molecule has 1 aliphatic carbocycles. The molecule has 0 aromatic rings. The van der Waals surface area contributed by atoms with E-state index in [1.54, 1.807) is 0 Å². The highest BCUT2D eigenvalue weighted by atomic mass is 35.5. The zero-order chi connectivity index (χ0) is 9.35. The molecule has 2 atom stereocenters.